The van der Waals surface area contributed by atoms with Crippen molar-refractivity contribution in [3.8, 4) is 5.75 Å². The normalized spacial score (nSPS) is 12.3. The van der Waals surface area contributed by atoms with Gasteiger partial charge in [-0.1, -0.05) is 18.2 Å². The van der Waals surface area contributed by atoms with Crippen LogP contribution in [0.15, 0.2) is 48.7 Å². The number of aryl methyl sites for hydroxylation is 1. The lowest BCUT2D eigenvalue weighted by atomic mass is 10.0. The maximum atomic E-state index is 5.84. The number of hydrogen-bond donors (Lipinski definition) is 1. The van der Waals surface area contributed by atoms with Crippen molar-refractivity contribution in [3.63, 3.8) is 0 Å². The molecule has 0 saturated heterocycles. The highest BCUT2D eigenvalue weighted by molar-refractivity contribution is 5.21. The first kappa shape index (κ1) is 12.7. The maximum absolute atomic E-state index is 5.84. The third-order valence-electron chi connectivity index (χ3n) is 3.16. The lowest BCUT2D eigenvalue weighted by Gasteiger charge is -2.16. The number of nitrogens with two attached hydrogens (primary N) is 1. The molecule has 2 rings (SSSR count). The predicted molar refractivity (Wildman–Crippen MR) is 73.8 cm³/mol. The zero-order valence-corrected chi connectivity index (χ0v) is 10.8. The van der Waals surface area contributed by atoms with Crippen LogP contribution in [0.25, 0.3) is 0 Å². The minimum absolute atomic E-state index is 0.355. The molecule has 1 aromatic heterocycles. The standard InChI is InChI=1S/C15H20N2O/c1-17-10-5-8-15(17)13(12-16)9-11-18-14-6-3-2-4-7-14/h2-8,10,13H,9,11-12,16H2,1H3. The summed E-state index contributed by atoms with van der Waals surface area (Å²) < 4.78 is 7.84. The van der Waals surface area contributed by atoms with Gasteiger partial charge in [0.15, 0.2) is 0 Å². The van der Waals surface area contributed by atoms with Gasteiger partial charge >= 0.3 is 0 Å². The molecular formula is C15H20N2O. The summed E-state index contributed by atoms with van der Waals surface area (Å²) in [5.41, 5.74) is 7.12. The molecule has 1 unspecified atom stereocenters. The fourth-order valence-corrected chi connectivity index (χ4v) is 2.12. The van der Waals surface area contributed by atoms with Gasteiger partial charge in [-0.3, -0.25) is 0 Å². The number of para-hydroxylation sites is 1. The summed E-state index contributed by atoms with van der Waals surface area (Å²) in [5.74, 6) is 1.27. The second-order valence-corrected chi connectivity index (χ2v) is 4.43. The largest absolute Gasteiger partial charge is 0.494 e. The Morgan fingerprint density at radius 2 is 1.94 bits per heavy atom. The molecule has 0 aliphatic heterocycles. The van der Waals surface area contributed by atoms with Crippen molar-refractivity contribution >= 4 is 0 Å². The van der Waals surface area contributed by atoms with Crippen LogP contribution in [0.2, 0.25) is 0 Å². The van der Waals surface area contributed by atoms with Gasteiger partial charge in [0.05, 0.1) is 6.61 Å². The van der Waals surface area contributed by atoms with Gasteiger partial charge in [-0.05, 0) is 30.7 Å². The van der Waals surface area contributed by atoms with Gasteiger partial charge in [-0.2, -0.15) is 0 Å². The van der Waals surface area contributed by atoms with E-state index in [0.717, 1.165) is 12.2 Å². The van der Waals surface area contributed by atoms with Gasteiger partial charge in [0.1, 0.15) is 5.75 Å². The van der Waals surface area contributed by atoms with E-state index in [1.807, 2.05) is 30.3 Å². The predicted octanol–water partition coefficient (Wildman–Crippen LogP) is 2.54. The molecule has 0 bridgehead atoms. The van der Waals surface area contributed by atoms with Crippen molar-refractivity contribution in [2.45, 2.75) is 12.3 Å². The molecule has 0 fully saturated rings. The molecule has 0 saturated carbocycles. The van der Waals surface area contributed by atoms with Crippen molar-refractivity contribution in [2.75, 3.05) is 13.2 Å². The Morgan fingerprint density at radius 1 is 1.17 bits per heavy atom. The summed E-state index contributed by atoms with van der Waals surface area (Å²) >= 11 is 0. The van der Waals surface area contributed by atoms with E-state index < -0.39 is 0 Å². The second kappa shape index (κ2) is 6.26. The maximum Gasteiger partial charge on any atom is 0.119 e. The smallest absolute Gasteiger partial charge is 0.119 e. The molecular weight excluding hydrogens is 224 g/mol. The monoisotopic (exact) mass is 244 g/mol. The van der Waals surface area contributed by atoms with Crippen LogP contribution < -0.4 is 10.5 Å². The van der Waals surface area contributed by atoms with Crippen LogP contribution in [0, 0.1) is 0 Å². The average Bonchev–Trinajstić information content (AvgIpc) is 2.82. The number of nitrogens with zero attached hydrogens (tertiary/aromatic N) is 1. The molecule has 2 aromatic rings. The molecule has 2 N–H and O–H groups in total. The third-order valence-corrected chi connectivity index (χ3v) is 3.16. The van der Waals surface area contributed by atoms with Gasteiger partial charge in [-0.15, -0.1) is 0 Å². The summed E-state index contributed by atoms with van der Waals surface area (Å²) in [7, 11) is 2.05. The van der Waals surface area contributed by atoms with Crippen LogP contribution >= 0.6 is 0 Å². The van der Waals surface area contributed by atoms with Crippen LogP contribution in [0.3, 0.4) is 0 Å². The van der Waals surface area contributed by atoms with E-state index in [-0.39, 0.29) is 0 Å². The Hall–Kier alpha value is -1.74. The summed E-state index contributed by atoms with van der Waals surface area (Å²) in [6, 6.07) is 14.1. The van der Waals surface area contributed by atoms with E-state index in [4.69, 9.17) is 10.5 Å². The second-order valence-electron chi connectivity index (χ2n) is 4.43. The van der Waals surface area contributed by atoms with E-state index in [1.165, 1.54) is 5.69 Å². The fourth-order valence-electron chi connectivity index (χ4n) is 2.12. The fraction of sp³-hybridized carbons (Fsp3) is 0.333. The van der Waals surface area contributed by atoms with Crippen molar-refractivity contribution in [1.29, 1.82) is 0 Å². The average molecular weight is 244 g/mol. The first-order chi connectivity index (χ1) is 8.81. The highest BCUT2D eigenvalue weighted by Crippen LogP contribution is 2.19. The Labute approximate surface area is 108 Å². The minimum atomic E-state index is 0.355. The van der Waals surface area contributed by atoms with Gasteiger partial charge in [0.2, 0.25) is 0 Å². The van der Waals surface area contributed by atoms with E-state index in [1.54, 1.807) is 0 Å². The number of ether oxygens (including phenoxy) is 1. The topological polar surface area (TPSA) is 40.2 Å². The molecule has 0 aliphatic carbocycles. The lowest BCUT2D eigenvalue weighted by Crippen LogP contribution is -2.17. The van der Waals surface area contributed by atoms with Crippen molar-refractivity contribution in [2.24, 2.45) is 12.8 Å². The quantitative estimate of drug-likeness (QED) is 0.848. The van der Waals surface area contributed by atoms with Crippen LogP contribution in [-0.4, -0.2) is 17.7 Å². The van der Waals surface area contributed by atoms with E-state index in [2.05, 4.69) is 29.9 Å². The molecule has 3 heteroatoms. The number of aromatic nitrogens is 1. The molecule has 96 valence electrons. The van der Waals surface area contributed by atoms with Crippen molar-refractivity contribution in [1.82, 2.24) is 4.57 Å². The van der Waals surface area contributed by atoms with Crippen molar-refractivity contribution in [3.05, 3.63) is 54.4 Å². The van der Waals surface area contributed by atoms with Crippen LogP contribution in [0.1, 0.15) is 18.0 Å². The van der Waals surface area contributed by atoms with E-state index >= 15 is 0 Å². The highest BCUT2D eigenvalue weighted by atomic mass is 16.5. The Bertz CT molecular complexity index is 464. The first-order valence-corrected chi connectivity index (χ1v) is 6.30. The van der Waals surface area contributed by atoms with Crippen LogP contribution in [-0.2, 0) is 7.05 Å². The summed E-state index contributed by atoms with van der Waals surface area (Å²) in [5, 5.41) is 0. The molecule has 1 aromatic carbocycles. The SMILES string of the molecule is Cn1cccc1C(CN)CCOc1ccccc1. The van der Waals surface area contributed by atoms with Gasteiger partial charge in [0, 0.05) is 31.4 Å². The highest BCUT2D eigenvalue weighted by Gasteiger charge is 2.12. The Kier molecular flexibility index (Phi) is 4.42. The molecule has 1 heterocycles. The molecule has 0 spiro atoms. The van der Waals surface area contributed by atoms with Gasteiger partial charge in [-0.25, -0.2) is 0 Å². The molecule has 0 radical (unpaired) electrons. The molecule has 1 atom stereocenters. The Morgan fingerprint density at radius 3 is 2.56 bits per heavy atom. The summed E-state index contributed by atoms with van der Waals surface area (Å²) in [4.78, 5) is 0. The first-order valence-electron chi connectivity index (χ1n) is 6.30. The van der Waals surface area contributed by atoms with Crippen LogP contribution in [0.5, 0.6) is 5.75 Å². The number of hydrogen-bond acceptors (Lipinski definition) is 2. The molecule has 0 aliphatic rings. The number of rotatable bonds is 6. The summed E-state index contributed by atoms with van der Waals surface area (Å²) in [6.07, 6.45) is 2.99. The lowest BCUT2D eigenvalue weighted by molar-refractivity contribution is 0.296. The molecule has 3 nitrogen and oxygen atoms in total. The zero-order chi connectivity index (χ0) is 12.8. The van der Waals surface area contributed by atoms with E-state index in [9.17, 15) is 0 Å². The van der Waals surface area contributed by atoms with Crippen LogP contribution in [0.4, 0.5) is 0 Å². The zero-order valence-electron chi connectivity index (χ0n) is 10.8. The van der Waals surface area contributed by atoms with E-state index in [0.29, 0.717) is 19.1 Å². The van der Waals surface area contributed by atoms with Crippen molar-refractivity contribution < 1.29 is 4.74 Å². The molecule has 0 amide bonds. The number of benzene rings is 1. The Balaban J connectivity index is 1.87. The van der Waals surface area contributed by atoms with Gasteiger partial charge < -0.3 is 15.0 Å². The molecule has 18 heavy (non-hydrogen) atoms. The third kappa shape index (κ3) is 3.14. The van der Waals surface area contributed by atoms with Gasteiger partial charge in [0.25, 0.3) is 0 Å². The summed E-state index contributed by atoms with van der Waals surface area (Å²) in [6.45, 7) is 1.34. The minimum Gasteiger partial charge on any atom is -0.494 e.